The van der Waals surface area contributed by atoms with Gasteiger partial charge in [0.05, 0.1) is 29.2 Å². The van der Waals surface area contributed by atoms with E-state index in [-0.39, 0.29) is 11.2 Å². The smallest absolute Gasteiger partial charge is 0.299 e. The van der Waals surface area contributed by atoms with Crippen LogP contribution in [0.3, 0.4) is 0 Å². The van der Waals surface area contributed by atoms with E-state index >= 15 is 0 Å². The Labute approximate surface area is 177 Å². The van der Waals surface area contributed by atoms with Gasteiger partial charge in [-0.1, -0.05) is 36.0 Å². The molecule has 0 saturated carbocycles. The number of thioether (sulfide) groups is 1. The number of rotatable bonds is 7. The van der Waals surface area contributed by atoms with Crippen LogP contribution in [0.15, 0.2) is 99.0 Å². The molecule has 0 spiro atoms. The normalized spacial score (nSPS) is 11.1. The van der Waals surface area contributed by atoms with E-state index in [1.54, 1.807) is 37.6 Å². The Morgan fingerprint density at radius 2 is 1.77 bits per heavy atom. The molecule has 4 rings (SSSR count). The standard InChI is InChI=1S/C22H19N5O2S/c1-29-18-12-10-16(11-13-18)24-25-21-19(15-30-20-9-5-6-14-23-20)26-27(22(21)28)17-7-3-2-4-8-17/h2-14,26H,15H2,1H3. The molecule has 0 radical (unpaired) electrons. The minimum Gasteiger partial charge on any atom is -0.497 e. The van der Waals surface area contributed by atoms with Crippen LogP contribution in [0.5, 0.6) is 5.75 Å². The van der Waals surface area contributed by atoms with Gasteiger partial charge in [-0.2, -0.15) is 5.11 Å². The van der Waals surface area contributed by atoms with E-state index in [1.807, 2.05) is 48.5 Å². The maximum absolute atomic E-state index is 13.1. The van der Waals surface area contributed by atoms with Crippen LogP contribution in [0, 0.1) is 0 Å². The molecule has 0 aliphatic rings. The topological polar surface area (TPSA) is 84.6 Å². The molecule has 0 atom stereocenters. The van der Waals surface area contributed by atoms with E-state index < -0.39 is 0 Å². The largest absolute Gasteiger partial charge is 0.497 e. The number of benzene rings is 2. The molecule has 4 aromatic rings. The Balaban J connectivity index is 1.67. The molecule has 150 valence electrons. The number of ether oxygens (including phenoxy) is 1. The third-order valence-corrected chi connectivity index (χ3v) is 5.26. The van der Waals surface area contributed by atoms with Crippen molar-refractivity contribution >= 4 is 23.1 Å². The molecule has 0 unspecified atom stereocenters. The van der Waals surface area contributed by atoms with Gasteiger partial charge >= 0.3 is 0 Å². The van der Waals surface area contributed by atoms with E-state index in [2.05, 4.69) is 20.3 Å². The Hall–Kier alpha value is -3.65. The van der Waals surface area contributed by atoms with Crippen molar-refractivity contribution in [1.82, 2.24) is 14.8 Å². The highest BCUT2D eigenvalue weighted by molar-refractivity contribution is 7.98. The van der Waals surface area contributed by atoms with Gasteiger partial charge in [-0.05, 0) is 48.5 Å². The summed E-state index contributed by atoms with van der Waals surface area (Å²) in [5, 5.41) is 12.6. The summed E-state index contributed by atoms with van der Waals surface area (Å²) >= 11 is 1.52. The van der Waals surface area contributed by atoms with Crippen LogP contribution in [0.2, 0.25) is 0 Å². The van der Waals surface area contributed by atoms with Crippen molar-refractivity contribution in [2.45, 2.75) is 10.8 Å². The molecule has 2 aromatic carbocycles. The van der Waals surface area contributed by atoms with Crippen LogP contribution in [-0.4, -0.2) is 21.9 Å². The van der Waals surface area contributed by atoms with Gasteiger partial charge in [0.2, 0.25) is 0 Å². The van der Waals surface area contributed by atoms with Gasteiger partial charge in [-0.3, -0.25) is 9.89 Å². The highest BCUT2D eigenvalue weighted by atomic mass is 32.2. The molecular formula is C22H19N5O2S. The van der Waals surface area contributed by atoms with Gasteiger partial charge < -0.3 is 4.74 Å². The predicted octanol–water partition coefficient (Wildman–Crippen LogP) is 5.28. The van der Waals surface area contributed by atoms with Gasteiger partial charge in [-0.25, -0.2) is 9.67 Å². The second-order valence-corrected chi connectivity index (χ2v) is 7.27. The maximum atomic E-state index is 13.1. The molecule has 0 saturated heterocycles. The van der Waals surface area contributed by atoms with Gasteiger partial charge in [0.25, 0.3) is 5.56 Å². The zero-order valence-electron chi connectivity index (χ0n) is 16.2. The summed E-state index contributed by atoms with van der Waals surface area (Å²) < 4.78 is 6.64. The summed E-state index contributed by atoms with van der Waals surface area (Å²) in [4.78, 5) is 17.4. The lowest BCUT2D eigenvalue weighted by molar-refractivity contribution is 0.415. The number of hydrogen-bond acceptors (Lipinski definition) is 6. The molecule has 30 heavy (non-hydrogen) atoms. The minimum atomic E-state index is -0.255. The van der Waals surface area contributed by atoms with Crippen molar-refractivity contribution in [2.75, 3.05) is 7.11 Å². The Morgan fingerprint density at radius 1 is 1.00 bits per heavy atom. The first-order valence-electron chi connectivity index (χ1n) is 9.23. The summed E-state index contributed by atoms with van der Waals surface area (Å²) in [7, 11) is 1.61. The first kappa shape index (κ1) is 19.7. The predicted molar refractivity (Wildman–Crippen MR) is 117 cm³/mol. The van der Waals surface area contributed by atoms with Crippen LogP contribution in [-0.2, 0) is 5.75 Å². The zero-order chi connectivity index (χ0) is 20.8. The van der Waals surface area contributed by atoms with Crippen molar-refractivity contribution < 1.29 is 4.74 Å². The lowest BCUT2D eigenvalue weighted by Gasteiger charge is -2.01. The fourth-order valence-electron chi connectivity index (χ4n) is 2.77. The van der Waals surface area contributed by atoms with Crippen molar-refractivity contribution in [3.8, 4) is 11.4 Å². The fraction of sp³-hybridized carbons (Fsp3) is 0.0909. The number of azo groups is 1. The highest BCUT2D eigenvalue weighted by Crippen LogP contribution is 2.26. The number of aromatic nitrogens is 3. The molecule has 0 bridgehead atoms. The van der Waals surface area contributed by atoms with Crippen LogP contribution >= 0.6 is 11.8 Å². The molecule has 0 aliphatic heterocycles. The molecular weight excluding hydrogens is 398 g/mol. The quantitative estimate of drug-likeness (QED) is 0.328. The minimum absolute atomic E-state index is 0.255. The highest BCUT2D eigenvalue weighted by Gasteiger charge is 2.16. The molecule has 1 N–H and O–H groups in total. The van der Waals surface area contributed by atoms with E-state index in [9.17, 15) is 4.79 Å². The number of methoxy groups -OCH3 is 1. The van der Waals surface area contributed by atoms with Crippen LogP contribution in [0.4, 0.5) is 11.4 Å². The third-order valence-electron chi connectivity index (χ3n) is 4.29. The fourth-order valence-corrected chi connectivity index (χ4v) is 3.58. The first-order valence-corrected chi connectivity index (χ1v) is 10.2. The van der Waals surface area contributed by atoms with Crippen molar-refractivity contribution in [3.63, 3.8) is 0 Å². The molecule has 7 nitrogen and oxygen atoms in total. The number of pyridine rings is 1. The Kier molecular flexibility index (Phi) is 6.05. The van der Waals surface area contributed by atoms with Gasteiger partial charge in [-0.15, -0.1) is 5.11 Å². The average molecular weight is 417 g/mol. The number of nitrogens with one attached hydrogen (secondary N) is 1. The summed E-state index contributed by atoms with van der Waals surface area (Å²) in [5.74, 6) is 1.23. The van der Waals surface area contributed by atoms with E-state index in [4.69, 9.17) is 4.74 Å². The van der Waals surface area contributed by atoms with Gasteiger partial charge in [0, 0.05) is 11.9 Å². The number of nitrogens with zero attached hydrogens (tertiary/aromatic N) is 4. The third kappa shape index (κ3) is 4.49. The molecule has 2 heterocycles. The summed E-state index contributed by atoms with van der Waals surface area (Å²) in [6, 6.07) is 22.3. The lowest BCUT2D eigenvalue weighted by atomic mass is 10.3. The molecule has 0 amide bonds. The Morgan fingerprint density at radius 3 is 2.47 bits per heavy atom. The van der Waals surface area contributed by atoms with Crippen molar-refractivity contribution in [1.29, 1.82) is 0 Å². The van der Waals surface area contributed by atoms with Crippen LogP contribution in [0.1, 0.15) is 5.69 Å². The van der Waals surface area contributed by atoms with E-state index in [0.29, 0.717) is 17.1 Å². The SMILES string of the molecule is COc1ccc(N=Nc2c(CSc3ccccn3)[nH]n(-c3ccccc3)c2=O)cc1. The van der Waals surface area contributed by atoms with Gasteiger partial charge in [0.15, 0.2) is 5.69 Å². The van der Waals surface area contributed by atoms with Gasteiger partial charge in [0.1, 0.15) is 5.75 Å². The van der Waals surface area contributed by atoms with Crippen molar-refractivity contribution in [3.05, 3.63) is 95.0 Å². The first-order chi connectivity index (χ1) is 14.7. The second kappa shape index (κ2) is 9.23. The van der Waals surface area contributed by atoms with Crippen LogP contribution in [0.25, 0.3) is 5.69 Å². The number of aromatic amines is 1. The summed E-state index contributed by atoms with van der Waals surface area (Å²) in [5.41, 5.74) is 2.06. The van der Waals surface area contributed by atoms with E-state index in [1.165, 1.54) is 16.4 Å². The lowest BCUT2D eigenvalue weighted by Crippen LogP contribution is -2.13. The molecule has 0 fully saturated rings. The Bertz CT molecular complexity index is 1190. The molecule has 8 heteroatoms. The average Bonchev–Trinajstić information content (AvgIpc) is 3.13. The zero-order valence-corrected chi connectivity index (χ0v) is 17.0. The monoisotopic (exact) mass is 417 g/mol. The van der Waals surface area contributed by atoms with Crippen molar-refractivity contribution in [2.24, 2.45) is 10.2 Å². The summed E-state index contributed by atoms with van der Waals surface area (Å²) in [6.07, 6.45) is 1.74. The number of hydrogen-bond donors (Lipinski definition) is 1. The van der Waals surface area contributed by atoms with Crippen LogP contribution < -0.4 is 10.3 Å². The second-order valence-electron chi connectivity index (χ2n) is 6.27. The molecule has 2 aromatic heterocycles. The van der Waals surface area contributed by atoms with E-state index in [0.717, 1.165) is 16.5 Å². The number of para-hydroxylation sites is 1. The number of H-pyrrole nitrogens is 1. The summed E-state index contributed by atoms with van der Waals surface area (Å²) in [6.45, 7) is 0. The molecule has 0 aliphatic carbocycles. The maximum Gasteiger partial charge on any atom is 0.299 e.